The SMILES string of the molecule is Cc1oncc1C(=O)Nc1ccc(NS(=O)(=O)c2cn(C)cn2)c(C(F)(F)F)c1. The van der Waals surface area contributed by atoms with E-state index < -0.39 is 38.4 Å². The zero-order valence-electron chi connectivity index (χ0n) is 15.0. The van der Waals surface area contributed by atoms with Crippen LogP contribution in [0.2, 0.25) is 0 Å². The molecule has 0 fully saturated rings. The van der Waals surface area contributed by atoms with E-state index in [-0.39, 0.29) is 17.0 Å². The second kappa shape index (κ2) is 7.24. The number of nitrogens with one attached hydrogen (secondary N) is 2. The molecule has 3 rings (SSSR count). The number of hydrogen-bond donors (Lipinski definition) is 2. The molecule has 3 aromatic rings. The van der Waals surface area contributed by atoms with Crippen molar-refractivity contribution in [3.63, 3.8) is 0 Å². The Balaban J connectivity index is 1.93. The molecule has 29 heavy (non-hydrogen) atoms. The zero-order chi connectivity index (χ0) is 21.4. The number of benzene rings is 1. The van der Waals surface area contributed by atoms with Crippen molar-refractivity contribution in [1.82, 2.24) is 14.7 Å². The van der Waals surface area contributed by atoms with Gasteiger partial charge in [0.05, 0.1) is 23.8 Å². The van der Waals surface area contributed by atoms with Crippen molar-refractivity contribution in [3.05, 3.63) is 53.8 Å². The molecule has 0 unspecified atom stereocenters. The molecule has 2 aromatic heterocycles. The lowest BCUT2D eigenvalue weighted by Gasteiger charge is -2.16. The van der Waals surface area contributed by atoms with E-state index >= 15 is 0 Å². The van der Waals surface area contributed by atoms with Crippen LogP contribution in [0.15, 0.2) is 46.5 Å². The van der Waals surface area contributed by atoms with Crippen molar-refractivity contribution < 1.29 is 30.9 Å². The molecule has 0 saturated heterocycles. The van der Waals surface area contributed by atoms with Crippen LogP contribution >= 0.6 is 0 Å². The number of aryl methyl sites for hydroxylation is 2. The fourth-order valence-electron chi connectivity index (χ4n) is 2.39. The van der Waals surface area contributed by atoms with Crippen LogP contribution in [0.4, 0.5) is 24.5 Å². The maximum absolute atomic E-state index is 13.5. The summed E-state index contributed by atoms with van der Waals surface area (Å²) in [6, 6.07) is 2.66. The highest BCUT2D eigenvalue weighted by Gasteiger charge is 2.35. The lowest BCUT2D eigenvalue weighted by atomic mass is 10.1. The van der Waals surface area contributed by atoms with Crippen LogP contribution in [0.1, 0.15) is 21.7 Å². The first kappa shape index (κ1) is 20.4. The van der Waals surface area contributed by atoms with E-state index in [0.717, 1.165) is 24.5 Å². The molecule has 0 bridgehead atoms. The molecule has 0 spiro atoms. The lowest BCUT2D eigenvalue weighted by Crippen LogP contribution is -2.18. The summed E-state index contributed by atoms with van der Waals surface area (Å²) in [5.74, 6) is -0.531. The van der Waals surface area contributed by atoms with Gasteiger partial charge in [0, 0.05) is 18.9 Å². The summed E-state index contributed by atoms with van der Waals surface area (Å²) in [4.78, 5) is 15.8. The van der Waals surface area contributed by atoms with Crippen molar-refractivity contribution in [2.75, 3.05) is 10.0 Å². The minimum atomic E-state index is -4.89. The first-order chi connectivity index (χ1) is 13.5. The number of sulfonamides is 1. The van der Waals surface area contributed by atoms with Crippen LogP contribution in [0, 0.1) is 6.92 Å². The first-order valence-electron chi connectivity index (χ1n) is 7.92. The molecule has 154 valence electrons. The van der Waals surface area contributed by atoms with Crippen molar-refractivity contribution in [1.29, 1.82) is 0 Å². The monoisotopic (exact) mass is 429 g/mol. The van der Waals surface area contributed by atoms with E-state index in [1.807, 2.05) is 4.72 Å². The molecule has 2 N–H and O–H groups in total. The van der Waals surface area contributed by atoms with Gasteiger partial charge in [-0.1, -0.05) is 5.16 Å². The Labute approximate surface area is 162 Å². The van der Waals surface area contributed by atoms with Gasteiger partial charge in [-0.05, 0) is 25.1 Å². The number of nitrogens with zero attached hydrogens (tertiary/aromatic N) is 3. The summed E-state index contributed by atoms with van der Waals surface area (Å²) in [5.41, 5.74) is -2.12. The number of imidazole rings is 1. The van der Waals surface area contributed by atoms with Crippen LogP contribution in [0.3, 0.4) is 0 Å². The molecule has 2 heterocycles. The average Bonchev–Trinajstić information content (AvgIpc) is 3.24. The van der Waals surface area contributed by atoms with Gasteiger partial charge in [0.2, 0.25) is 0 Å². The number of amides is 1. The van der Waals surface area contributed by atoms with Crippen molar-refractivity contribution in [2.45, 2.75) is 18.1 Å². The molecule has 0 aliphatic heterocycles. The van der Waals surface area contributed by atoms with Crippen molar-refractivity contribution in [2.24, 2.45) is 7.05 Å². The van der Waals surface area contributed by atoms with E-state index in [4.69, 9.17) is 4.52 Å². The van der Waals surface area contributed by atoms with Crippen LogP contribution in [0.5, 0.6) is 0 Å². The fraction of sp³-hybridized carbons (Fsp3) is 0.188. The molecule has 1 amide bonds. The molecule has 13 heteroatoms. The van der Waals surface area contributed by atoms with Crippen molar-refractivity contribution >= 4 is 27.3 Å². The highest BCUT2D eigenvalue weighted by molar-refractivity contribution is 7.92. The van der Waals surface area contributed by atoms with Gasteiger partial charge in [-0.2, -0.15) is 21.6 Å². The number of carbonyl (C=O) groups is 1. The van der Waals surface area contributed by atoms with E-state index in [9.17, 15) is 26.4 Å². The Hall–Kier alpha value is -3.35. The zero-order valence-corrected chi connectivity index (χ0v) is 15.8. The summed E-state index contributed by atoms with van der Waals surface area (Å²) in [6.45, 7) is 1.47. The Morgan fingerprint density at radius 2 is 2.00 bits per heavy atom. The molecule has 0 aliphatic rings. The third-order valence-electron chi connectivity index (χ3n) is 3.78. The number of anilines is 2. The molecule has 0 saturated carbocycles. The van der Waals surface area contributed by atoms with Gasteiger partial charge in [-0.25, -0.2) is 4.98 Å². The second-order valence-electron chi connectivity index (χ2n) is 5.99. The number of carbonyl (C=O) groups excluding carboxylic acids is 1. The van der Waals surface area contributed by atoms with Crippen LogP contribution < -0.4 is 10.0 Å². The molecule has 1 aromatic carbocycles. The second-order valence-corrected chi connectivity index (χ2v) is 7.62. The Kier molecular flexibility index (Phi) is 5.09. The van der Waals surface area contributed by atoms with E-state index in [1.165, 1.54) is 24.9 Å². The third-order valence-corrected chi connectivity index (χ3v) is 5.03. The minimum Gasteiger partial charge on any atom is -0.361 e. The van der Waals surface area contributed by atoms with E-state index in [1.54, 1.807) is 0 Å². The Bertz CT molecular complexity index is 1170. The van der Waals surface area contributed by atoms with Crippen LogP contribution in [0.25, 0.3) is 0 Å². The molecule has 0 aliphatic carbocycles. The van der Waals surface area contributed by atoms with Gasteiger partial charge in [-0.15, -0.1) is 0 Å². The molecule has 0 atom stereocenters. The first-order valence-corrected chi connectivity index (χ1v) is 9.40. The van der Waals surface area contributed by atoms with Gasteiger partial charge >= 0.3 is 6.18 Å². The summed E-state index contributed by atoms with van der Waals surface area (Å²) in [5, 5.41) is 5.28. The largest absolute Gasteiger partial charge is 0.418 e. The maximum Gasteiger partial charge on any atom is 0.418 e. The van der Waals surface area contributed by atoms with E-state index in [0.29, 0.717) is 6.07 Å². The maximum atomic E-state index is 13.5. The average molecular weight is 429 g/mol. The number of halogens is 3. The van der Waals surface area contributed by atoms with Gasteiger partial charge in [-0.3, -0.25) is 9.52 Å². The van der Waals surface area contributed by atoms with Gasteiger partial charge in [0.15, 0.2) is 5.03 Å². The third kappa shape index (κ3) is 4.39. The number of hydrogen-bond acceptors (Lipinski definition) is 6. The molecular weight excluding hydrogens is 415 g/mol. The summed E-state index contributed by atoms with van der Waals surface area (Å²) in [7, 11) is -2.83. The van der Waals surface area contributed by atoms with Gasteiger partial charge in [0.1, 0.15) is 11.3 Å². The highest BCUT2D eigenvalue weighted by Crippen LogP contribution is 2.37. The summed E-state index contributed by atoms with van der Waals surface area (Å²) in [6.07, 6.45) is -1.42. The number of alkyl halides is 3. The predicted octanol–water partition coefficient (Wildman–Crippen LogP) is 2.79. The summed E-state index contributed by atoms with van der Waals surface area (Å²) < 4.78 is 73.1. The van der Waals surface area contributed by atoms with E-state index in [2.05, 4.69) is 15.5 Å². The van der Waals surface area contributed by atoms with Crippen LogP contribution in [-0.4, -0.2) is 29.0 Å². The fourth-order valence-corrected chi connectivity index (χ4v) is 3.45. The predicted molar refractivity (Wildman–Crippen MR) is 94.7 cm³/mol. The quantitative estimate of drug-likeness (QED) is 0.644. The smallest absolute Gasteiger partial charge is 0.361 e. The Morgan fingerprint density at radius 3 is 2.55 bits per heavy atom. The number of aromatic nitrogens is 3. The topological polar surface area (TPSA) is 119 Å². The highest BCUT2D eigenvalue weighted by atomic mass is 32.2. The Morgan fingerprint density at radius 1 is 1.28 bits per heavy atom. The van der Waals surface area contributed by atoms with Crippen LogP contribution in [-0.2, 0) is 23.2 Å². The van der Waals surface area contributed by atoms with Gasteiger partial charge < -0.3 is 14.4 Å². The lowest BCUT2D eigenvalue weighted by molar-refractivity contribution is -0.136. The normalized spacial score (nSPS) is 12.0. The molecular formula is C16H14F3N5O4S. The van der Waals surface area contributed by atoms with Gasteiger partial charge in [0.25, 0.3) is 15.9 Å². The summed E-state index contributed by atoms with van der Waals surface area (Å²) >= 11 is 0. The minimum absolute atomic E-state index is 0.0542. The standard InChI is InChI=1S/C16H14F3N5O4S/c1-9-11(6-21-28-9)15(25)22-10-3-4-13(12(5-10)16(17,18)19)23-29(26,27)14-7-24(2)8-20-14/h3-8,23H,1-2H3,(H,22,25). The molecule has 9 nitrogen and oxygen atoms in total. The number of rotatable bonds is 5. The van der Waals surface area contributed by atoms with Crippen molar-refractivity contribution in [3.8, 4) is 0 Å². The molecule has 0 radical (unpaired) electrons.